The third kappa shape index (κ3) is 5.07. The molecule has 0 spiro atoms. The fourth-order valence-corrected chi connectivity index (χ4v) is 1.24. The molecule has 4 heteroatoms. The zero-order valence-corrected chi connectivity index (χ0v) is 10.3. The molecular weight excluding hydrogens is 211 g/mol. The summed E-state index contributed by atoms with van der Waals surface area (Å²) >= 11 is 0. The number of Topliss-reactive ketones (excluding diaryl/α,β-unsaturated/α-hetero) is 1. The van der Waals surface area contributed by atoms with Crippen molar-refractivity contribution in [1.82, 2.24) is 0 Å². The van der Waals surface area contributed by atoms with Gasteiger partial charge in [-0.05, 0) is 26.3 Å². The van der Waals surface area contributed by atoms with Gasteiger partial charge in [0.2, 0.25) is 0 Å². The standard InChI is InChI=1S/C12H19FO3/c1-5-6-11(16-8-7-15-4)12(9(2)13)10(3)14/h6H,5,7-8H2,1-4H3/b11-6+,12-9+. The van der Waals surface area contributed by atoms with Crippen LogP contribution in [0.3, 0.4) is 0 Å². The summed E-state index contributed by atoms with van der Waals surface area (Å²) in [6.45, 7) is 5.16. The number of allylic oxidation sites excluding steroid dienone is 3. The number of ether oxygens (including phenoxy) is 2. The summed E-state index contributed by atoms with van der Waals surface area (Å²) in [6.07, 6.45) is 2.36. The Kier molecular flexibility index (Phi) is 7.46. The highest BCUT2D eigenvalue weighted by Gasteiger charge is 2.15. The van der Waals surface area contributed by atoms with Crippen LogP contribution >= 0.6 is 0 Å². The van der Waals surface area contributed by atoms with E-state index >= 15 is 0 Å². The summed E-state index contributed by atoms with van der Waals surface area (Å²) in [4.78, 5) is 11.3. The second kappa shape index (κ2) is 8.05. The minimum atomic E-state index is -0.524. The van der Waals surface area contributed by atoms with Crippen LogP contribution in [0, 0.1) is 0 Å². The van der Waals surface area contributed by atoms with Crippen molar-refractivity contribution >= 4 is 5.78 Å². The predicted molar refractivity (Wildman–Crippen MR) is 60.7 cm³/mol. The van der Waals surface area contributed by atoms with Crippen LogP contribution in [0.1, 0.15) is 27.2 Å². The van der Waals surface area contributed by atoms with Gasteiger partial charge in [0.15, 0.2) is 5.78 Å². The lowest BCUT2D eigenvalue weighted by atomic mass is 10.1. The van der Waals surface area contributed by atoms with E-state index in [4.69, 9.17) is 9.47 Å². The fourth-order valence-electron chi connectivity index (χ4n) is 1.24. The van der Waals surface area contributed by atoms with Gasteiger partial charge in [-0.2, -0.15) is 0 Å². The van der Waals surface area contributed by atoms with Crippen molar-refractivity contribution in [3.8, 4) is 0 Å². The van der Waals surface area contributed by atoms with Crippen molar-refractivity contribution in [2.45, 2.75) is 27.2 Å². The molecule has 0 rings (SSSR count). The van der Waals surface area contributed by atoms with Crippen molar-refractivity contribution in [2.24, 2.45) is 0 Å². The first-order valence-corrected chi connectivity index (χ1v) is 5.24. The van der Waals surface area contributed by atoms with Crippen LogP contribution in [0.4, 0.5) is 4.39 Å². The number of rotatable bonds is 7. The maximum atomic E-state index is 13.2. The predicted octanol–water partition coefficient (Wildman–Crippen LogP) is 2.78. The topological polar surface area (TPSA) is 35.5 Å². The lowest BCUT2D eigenvalue weighted by Crippen LogP contribution is -2.09. The normalized spacial score (nSPS) is 13.4. The molecule has 0 aromatic rings. The van der Waals surface area contributed by atoms with Crippen LogP contribution < -0.4 is 0 Å². The van der Waals surface area contributed by atoms with E-state index in [1.165, 1.54) is 13.8 Å². The number of methoxy groups -OCH3 is 1. The van der Waals surface area contributed by atoms with E-state index in [0.29, 0.717) is 25.4 Å². The van der Waals surface area contributed by atoms with Crippen LogP contribution in [0.2, 0.25) is 0 Å². The second-order valence-electron chi connectivity index (χ2n) is 3.28. The van der Waals surface area contributed by atoms with Crippen LogP contribution in [0.15, 0.2) is 23.2 Å². The molecule has 0 radical (unpaired) electrons. The average molecular weight is 230 g/mol. The number of halogens is 1. The molecule has 0 aromatic carbocycles. The van der Waals surface area contributed by atoms with Gasteiger partial charge in [0, 0.05) is 7.11 Å². The highest BCUT2D eigenvalue weighted by atomic mass is 19.1. The molecule has 0 heterocycles. The molecule has 0 aliphatic carbocycles. The molecule has 0 aliphatic heterocycles. The van der Waals surface area contributed by atoms with Gasteiger partial charge in [-0.15, -0.1) is 0 Å². The quantitative estimate of drug-likeness (QED) is 0.292. The first kappa shape index (κ1) is 14.8. The van der Waals surface area contributed by atoms with Gasteiger partial charge in [-0.1, -0.05) is 6.92 Å². The maximum absolute atomic E-state index is 13.2. The first-order chi connectivity index (χ1) is 7.54. The van der Waals surface area contributed by atoms with Crippen molar-refractivity contribution in [3.05, 3.63) is 23.2 Å². The summed E-state index contributed by atoms with van der Waals surface area (Å²) in [6, 6.07) is 0. The lowest BCUT2D eigenvalue weighted by Gasteiger charge is -2.12. The van der Waals surface area contributed by atoms with E-state index < -0.39 is 5.83 Å². The van der Waals surface area contributed by atoms with Gasteiger partial charge in [-0.3, -0.25) is 4.79 Å². The second-order valence-corrected chi connectivity index (χ2v) is 3.28. The van der Waals surface area contributed by atoms with Crippen LogP contribution in [-0.4, -0.2) is 26.1 Å². The lowest BCUT2D eigenvalue weighted by molar-refractivity contribution is -0.113. The number of carbonyl (C=O) groups is 1. The van der Waals surface area contributed by atoms with E-state index in [1.54, 1.807) is 13.2 Å². The third-order valence-electron chi connectivity index (χ3n) is 1.88. The summed E-state index contributed by atoms with van der Waals surface area (Å²) < 4.78 is 23.4. The van der Waals surface area contributed by atoms with E-state index in [9.17, 15) is 9.18 Å². The molecule has 3 nitrogen and oxygen atoms in total. The van der Waals surface area contributed by atoms with Crippen molar-refractivity contribution in [2.75, 3.05) is 20.3 Å². The highest BCUT2D eigenvalue weighted by molar-refractivity contribution is 5.97. The number of hydrogen-bond acceptors (Lipinski definition) is 3. The zero-order valence-electron chi connectivity index (χ0n) is 10.3. The molecule has 0 saturated carbocycles. The Balaban J connectivity index is 4.83. The average Bonchev–Trinajstić information content (AvgIpc) is 2.17. The molecule has 0 aromatic heterocycles. The molecule has 92 valence electrons. The Morgan fingerprint density at radius 1 is 1.31 bits per heavy atom. The molecule has 0 unspecified atom stereocenters. The molecular formula is C12H19FO3. The molecule has 0 N–H and O–H groups in total. The Labute approximate surface area is 95.9 Å². The summed E-state index contributed by atoms with van der Waals surface area (Å²) in [5.74, 6) is -0.561. The van der Waals surface area contributed by atoms with Crippen LogP contribution in [-0.2, 0) is 14.3 Å². The third-order valence-corrected chi connectivity index (χ3v) is 1.88. The van der Waals surface area contributed by atoms with Gasteiger partial charge >= 0.3 is 0 Å². The van der Waals surface area contributed by atoms with Crippen molar-refractivity contribution in [1.29, 1.82) is 0 Å². The maximum Gasteiger partial charge on any atom is 0.166 e. The van der Waals surface area contributed by atoms with E-state index in [2.05, 4.69) is 0 Å². The molecule has 0 atom stereocenters. The first-order valence-electron chi connectivity index (χ1n) is 5.24. The summed E-state index contributed by atoms with van der Waals surface area (Å²) in [5.41, 5.74) is 0.0120. The fraction of sp³-hybridized carbons (Fsp3) is 0.583. The minimum absolute atomic E-state index is 0.0120. The van der Waals surface area contributed by atoms with E-state index in [0.717, 1.165) is 0 Å². The van der Waals surface area contributed by atoms with Gasteiger partial charge in [-0.25, -0.2) is 4.39 Å². The molecule has 0 saturated heterocycles. The van der Waals surface area contributed by atoms with E-state index in [1.807, 2.05) is 6.92 Å². The van der Waals surface area contributed by atoms with Crippen LogP contribution in [0.25, 0.3) is 0 Å². The van der Waals surface area contributed by atoms with Gasteiger partial charge in [0.05, 0.1) is 12.2 Å². The number of carbonyl (C=O) groups excluding carboxylic acids is 1. The minimum Gasteiger partial charge on any atom is -0.491 e. The van der Waals surface area contributed by atoms with Crippen LogP contribution in [0.5, 0.6) is 0 Å². The Hall–Kier alpha value is -1.16. The summed E-state index contributed by atoms with van der Waals surface area (Å²) in [5, 5.41) is 0. The monoisotopic (exact) mass is 230 g/mol. The Morgan fingerprint density at radius 3 is 2.31 bits per heavy atom. The Bertz CT molecular complexity index is 289. The van der Waals surface area contributed by atoms with Gasteiger partial charge in [0.25, 0.3) is 0 Å². The summed E-state index contributed by atoms with van der Waals surface area (Å²) in [7, 11) is 1.55. The van der Waals surface area contributed by atoms with Crippen molar-refractivity contribution < 1.29 is 18.7 Å². The molecule has 16 heavy (non-hydrogen) atoms. The number of hydrogen-bond donors (Lipinski definition) is 0. The zero-order chi connectivity index (χ0) is 12.6. The molecule has 0 aliphatic rings. The van der Waals surface area contributed by atoms with Gasteiger partial charge < -0.3 is 9.47 Å². The SMILES string of the molecule is CC/C=C(OCCOC)\C(C(C)=O)=C(/C)F. The molecule has 0 bridgehead atoms. The number of ketones is 1. The Morgan fingerprint density at radius 2 is 1.94 bits per heavy atom. The van der Waals surface area contributed by atoms with E-state index in [-0.39, 0.29) is 11.4 Å². The van der Waals surface area contributed by atoms with Gasteiger partial charge in [0.1, 0.15) is 18.2 Å². The largest absolute Gasteiger partial charge is 0.491 e. The van der Waals surface area contributed by atoms with Crippen molar-refractivity contribution in [3.63, 3.8) is 0 Å². The highest BCUT2D eigenvalue weighted by Crippen LogP contribution is 2.19. The smallest absolute Gasteiger partial charge is 0.166 e. The molecule has 0 fully saturated rings. The molecule has 0 amide bonds.